The fourth-order valence-electron chi connectivity index (χ4n) is 8.40. The van der Waals surface area contributed by atoms with Crippen LogP contribution < -0.4 is 9.64 Å². The van der Waals surface area contributed by atoms with Crippen molar-refractivity contribution >= 4 is 145 Å². The molecule has 0 bridgehead atoms. The molecule has 17 heteroatoms. The Hall–Kier alpha value is -4.49. The van der Waals surface area contributed by atoms with E-state index in [0.717, 1.165) is 139 Å². The molecule has 0 fully saturated rings. The summed E-state index contributed by atoms with van der Waals surface area (Å²) < 4.78 is 7.00. The third kappa shape index (κ3) is 14.1. The van der Waals surface area contributed by atoms with Gasteiger partial charge in [0.15, 0.2) is 0 Å². The van der Waals surface area contributed by atoms with Crippen molar-refractivity contribution in [3.05, 3.63) is 108 Å². The number of anilines is 2. The summed E-state index contributed by atoms with van der Waals surface area (Å²) in [5.41, 5.74) is 7.87. The lowest BCUT2D eigenvalue weighted by Crippen LogP contribution is -2.41. The van der Waals surface area contributed by atoms with Gasteiger partial charge >= 0.3 is 11.9 Å². The minimum atomic E-state index is -1.14. The number of unbranched alkanes of at least 4 members (excludes halogenated alkanes) is 6. The maximum atomic E-state index is 13.5. The normalized spacial score (nSPS) is 15.4. The lowest BCUT2D eigenvalue weighted by molar-refractivity contribution is -0.142. The molecule has 1 aliphatic heterocycles. The van der Waals surface area contributed by atoms with Gasteiger partial charge < -0.3 is 24.7 Å². The molecule has 2 atom stereocenters. The molecular formula is C53H59N3O7S7. The summed E-state index contributed by atoms with van der Waals surface area (Å²) in [6.45, 7) is 3.49. The largest absolute Gasteiger partial charge is 0.497 e. The molecule has 2 unspecified atom stereocenters. The van der Waals surface area contributed by atoms with Crippen molar-refractivity contribution in [1.29, 1.82) is 0 Å². The molecule has 0 radical (unpaired) electrons. The molecule has 4 aromatic rings. The summed E-state index contributed by atoms with van der Waals surface area (Å²) in [4.78, 5) is 60.6. The number of ether oxygens (including phenoxy) is 1. The first kappa shape index (κ1) is 54.8. The summed E-state index contributed by atoms with van der Waals surface area (Å²) in [6.07, 6.45) is 23.1. The van der Waals surface area contributed by atoms with E-state index in [4.69, 9.17) is 29.2 Å². The van der Waals surface area contributed by atoms with E-state index in [1.54, 1.807) is 29.8 Å². The number of rotatable bonds is 26. The summed E-state index contributed by atoms with van der Waals surface area (Å²) in [7, 11) is 3.15. The van der Waals surface area contributed by atoms with Crippen LogP contribution in [0.3, 0.4) is 0 Å². The quantitative estimate of drug-likeness (QED) is 0.0352. The van der Waals surface area contributed by atoms with Gasteiger partial charge in [0.25, 0.3) is 11.8 Å². The van der Waals surface area contributed by atoms with Crippen LogP contribution in [-0.2, 0) is 32.0 Å². The first-order valence-electron chi connectivity index (χ1n) is 23.3. The molecule has 1 aliphatic carbocycles. The summed E-state index contributed by atoms with van der Waals surface area (Å²) >= 11 is 17.7. The second-order valence-corrected chi connectivity index (χ2v) is 22.7. The van der Waals surface area contributed by atoms with Gasteiger partial charge in [0, 0.05) is 41.8 Å². The predicted octanol–water partition coefficient (Wildman–Crippen LogP) is 13.5. The molecule has 2 N–H and O–H groups in total. The van der Waals surface area contributed by atoms with Gasteiger partial charge in [-0.25, -0.2) is 0 Å². The van der Waals surface area contributed by atoms with Gasteiger partial charge in [0.2, 0.25) is 0 Å². The van der Waals surface area contributed by atoms with E-state index in [2.05, 4.69) is 79.4 Å². The third-order valence-corrected chi connectivity index (χ3v) is 17.4. The molecule has 6 rings (SSSR count). The Morgan fingerprint density at radius 1 is 0.800 bits per heavy atom. The van der Waals surface area contributed by atoms with Crippen molar-refractivity contribution in [3.8, 4) is 16.2 Å². The lowest BCUT2D eigenvalue weighted by Gasteiger charge is -2.42. The number of allylic oxidation sites excluding steroid dienone is 2. The van der Waals surface area contributed by atoms with E-state index < -0.39 is 36.8 Å². The Labute approximate surface area is 443 Å². The number of thioether (sulfide) groups is 3. The van der Waals surface area contributed by atoms with Crippen molar-refractivity contribution in [3.63, 3.8) is 0 Å². The minimum absolute atomic E-state index is 0.0102. The number of hydrogen-bond acceptors (Lipinski definition) is 13. The molecule has 0 saturated carbocycles. The summed E-state index contributed by atoms with van der Waals surface area (Å²) in [5, 5.41) is 18.8. The molecule has 2 aromatic heterocycles. The summed E-state index contributed by atoms with van der Waals surface area (Å²) in [6, 6.07) is 19.3. The van der Waals surface area contributed by atoms with Gasteiger partial charge in [-0.1, -0.05) is 113 Å². The molecule has 2 aliphatic rings. The first-order chi connectivity index (χ1) is 33.8. The Kier molecular flexibility index (Phi) is 21.0. The highest BCUT2D eigenvalue weighted by Gasteiger charge is 2.36. The third-order valence-electron chi connectivity index (χ3n) is 11.8. The monoisotopic (exact) mass is 1070 g/mol. The molecule has 2 amide bonds. The van der Waals surface area contributed by atoms with Crippen LogP contribution in [0.1, 0.15) is 91.0 Å². The van der Waals surface area contributed by atoms with Crippen LogP contribution in [0, 0.1) is 0 Å². The molecule has 2 aromatic carbocycles. The standard InChI is InChI=1S/C53H59N3O7S7/c1-6-8-10-12-14-34-24-40(28-46(66-5)53(62)55(32-64)31-49(59)60)68-50(34)36-16-22-42-44(26-36)70-45-27-37(17-23-43(45)56(42)38-18-20-39(63-4)21-19-38)51-35(15-13-11-9-7-2)25-41(69-51)29-47(67-33-65)52(61)54(3)30-48(57)58/h16-29,32-33,43,45H,6-15,30-31H2,1-5H3,(H,57,58)(H,59,60)/b46-28+,47-29+. The van der Waals surface area contributed by atoms with Crippen molar-refractivity contribution in [1.82, 2.24) is 9.80 Å². The number of amides is 2. The van der Waals surface area contributed by atoms with Crippen molar-refractivity contribution in [2.75, 3.05) is 38.4 Å². The zero-order valence-electron chi connectivity index (χ0n) is 40.0. The van der Waals surface area contributed by atoms with E-state index in [0.29, 0.717) is 9.81 Å². The topological polar surface area (TPSA) is 128 Å². The number of carbonyl (C=O) groups excluding carboxylic acids is 2. The molecule has 3 heterocycles. The average Bonchev–Trinajstić information content (AvgIpc) is 3.96. The van der Waals surface area contributed by atoms with E-state index in [1.807, 2.05) is 42.3 Å². The van der Waals surface area contributed by atoms with Gasteiger partial charge in [-0.3, -0.25) is 24.1 Å². The number of nitrogens with zero attached hydrogens (tertiary/aromatic N) is 3. The van der Waals surface area contributed by atoms with Gasteiger partial charge in [0.05, 0.1) is 39.4 Å². The molecule has 70 heavy (non-hydrogen) atoms. The van der Waals surface area contributed by atoms with E-state index in [-0.39, 0.29) is 11.3 Å². The van der Waals surface area contributed by atoms with Crippen LogP contribution in [0.5, 0.6) is 5.75 Å². The molecule has 0 saturated heterocycles. The van der Waals surface area contributed by atoms with Crippen LogP contribution in [-0.4, -0.2) is 98.8 Å². The number of aliphatic carboxylic acids is 2. The fraction of sp³-hybridized carbons (Fsp3) is 0.358. The number of carboxylic acids is 2. The maximum absolute atomic E-state index is 13.5. The highest BCUT2D eigenvalue weighted by atomic mass is 32.2. The van der Waals surface area contributed by atoms with Crippen LogP contribution in [0.2, 0.25) is 0 Å². The minimum Gasteiger partial charge on any atom is -0.497 e. The number of hydrogen-bond donors (Lipinski definition) is 2. The molecule has 370 valence electrons. The number of carbonyl (C=O) groups is 4. The van der Waals surface area contributed by atoms with Gasteiger partial charge in [0.1, 0.15) is 18.8 Å². The number of thiocarbonyl (C=S) groups is 2. The smallest absolute Gasteiger partial charge is 0.323 e. The van der Waals surface area contributed by atoms with Crippen molar-refractivity contribution in [2.45, 2.75) is 94.2 Å². The lowest BCUT2D eigenvalue weighted by atomic mass is 9.95. The molecular weight excluding hydrogens is 1020 g/mol. The van der Waals surface area contributed by atoms with Crippen molar-refractivity contribution in [2.24, 2.45) is 0 Å². The highest BCUT2D eigenvalue weighted by Crippen LogP contribution is 2.51. The number of carboxylic acid groups (broad SMARTS) is 2. The number of aryl methyl sites for hydroxylation is 2. The zero-order valence-corrected chi connectivity index (χ0v) is 45.7. The molecule has 10 nitrogen and oxygen atoms in total. The zero-order chi connectivity index (χ0) is 50.3. The van der Waals surface area contributed by atoms with Gasteiger partial charge in [-0.15, -0.1) is 46.2 Å². The number of benzene rings is 2. The second kappa shape index (κ2) is 26.8. The number of likely N-dealkylation sites (N-methyl/N-ethyl adjacent to an activating group) is 1. The Balaban J connectivity index is 1.43. The second-order valence-electron chi connectivity index (χ2n) is 16.9. The van der Waals surface area contributed by atoms with Gasteiger partial charge in [-0.05, 0) is 115 Å². The Morgan fingerprint density at radius 2 is 1.43 bits per heavy atom. The van der Waals surface area contributed by atoms with Crippen LogP contribution in [0.15, 0.2) is 87.5 Å². The number of thiophene rings is 2. The van der Waals surface area contributed by atoms with Crippen LogP contribution in [0.4, 0.5) is 11.4 Å². The fourth-order valence-corrected chi connectivity index (χ4v) is 13.8. The van der Waals surface area contributed by atoms with E-state index in [9.17, 15) is 29.4 Å². The predicted molar refractivity (Wildman–Crippen MR) is 304 cm³/mol. The van der Waals surface area contributed by atoms with Gasteiger partial charge in [-0.2, -0.15) is 0 Å². The summed E-state index contributed by atoms with van der Waals surface area (Å²) in [5.74, 6) is -2.29. The number of fused-ring (bicyclic) bond motifs is 2. The SMILES string of the molecule is CCCCCCc1cc(/C=C(/SC=S)C(=O)N(C)CC(=O)O)sc1C1=CC2Sc3cc(-c4sc(/C=C(/SC)C(=O)N(C=S)CC(=O)O)cc4CCCCCC)ccc3N(c3ccc(OC)cc3)C2C=C1. The van der Waals surface area contributed by atoms with Crippen LogP contribution in [0.25, 0.3) is 28.2 Å². The Bertz CT molecular complexity index is 2670. The first-order valence-corrected chi connectivity index (χ1v) is 28.8. The van der Waals surface area contributed by atoms with Crippen LogP contribution >= 0.6 is 82.4 Å². The highest BCUT2D eigenvalue weighted by molar-refractivity contribution is 8.24. The number of methoxy groups -OCH3 is 1. The van der Waals surface area contributed by atoms with Crippen molar-refractivity contribution < 1.29 is 34.1 Å². The van der Waals surface area contributed by atoms with E-state index >= 15 is 0 Å². The van der Waals surface area contributed by atoms with E-state index in [1.165, 1.54) is 39.5 Å². The maximum Gasteiger partial charge on any atom is 0.323 e. The molecule has 0 spiro atoms. The average molecular weight is 1070 g/mol. The Morgan fingerprint density at radius 3 is 2.01 bits per heavy atom.